The summed E-state index contributed by atoms with van der Waals surface area (Å²) < 4.78 is 25.1. The number of aromatic nitrogens is 4. The number of fused-ring (bicyclic) bond motifs is 2. The fourth-order valence-electron chi connectivity index (χ4n) is 4.11. The van der Waals surface area contributed by atoms with Crippen molar-refractivity contribution >= 4 is 28.8 Å². The highest BCUT2D eigenvalue weighted by Crippen LogP contribution is 2.43. The first-order chi connectivity index (χ1) is 16.1. The summed E-state index contributed by atoms with van der Waals surface area (Å²) in [7, 11) is 0. The average Bonchev–Trinajstić information content (AvgIpc) is 3.43. The number of nitro benzene ring substituents is 1. The smallest absolute Gasteiger partial charge is 0.338 e. The maximum absolute atomic E-state index is 12.5. The minimum atomic E-state index is -0.932. The van der Waals surface area contributed by atoms with E-state index in [9.17, 15) is 19.7 Å². The summed E-state index contributed by atoms with van der Waals surface area (Å²) in [6.07, 6.45) is -1.31. The monoisotopic (exact) mass is 472 g/mol. The number of hydrogen-bond acceptors (Lipinski definition) is 11. The second kappa shape index (κ2) is 7.86. The van der Waals surface area contributed by atoms with Crippen molar-refractivity contribution in [1.29, 1.82) is 0 Å². The quantitative estimate of drug-likeness (QED) is 0.305. The zero-order chi connectivity index (χ0) is 24.2. The number of nitrogen functional groups attached to an aromatic ring is 1. The van der Waals surface area contributed by atoms with Crippen molar-refractivity contribution in [2.24, 2.45) is 0 Å². The number of non-ortho nitro benzene ring substituents is 1. The number of anilines is 1. The predicted octanol–water partition coefficient (Wildman–Crippen LogP) is 0.885. The SMILES string of the molecule is CC1(C)O[C@@H]2[C@H](O1)[C@@H](COC(=O)c1ccc([N+](=O)[O-])cc1)O[C@H]2n1cnc2c(=O)[nH]c(N)nc21. The lowest BCUT2D eigenvalue weighted by Gasteiger charge is -2.24. The molecule has 2 aliphatic heterocycles. The number of hydrogen-bond donors (Lipinski definition) is 2. The van der Waals surface area contributed by atoms with Crippen LogP contribution in [0, 0.1) is 10.1 Å². The van der Waals surface area contributed by atoms with E-state index >= 15 is 0 Å². The Balaban J connectivity index is 1.37. The third-order valence-electron chi connectivity index (χ3n) is 5.54. The number of carbonyl (C=O) groups excluding carboxylic acids is 1. The lowest BCUT2D eigenvalue weighted by molar-refractivity contribution is -0.384. The van der Waals surface area contributed by atoms with E-state index in [1.165, 1.54) is 35.2 Å². The summed E-state index contributed by atoms with van der Waals surface area (Å²) in [5.41, 5.74) is 5.51. The molecular weight excluding hydrogens is 452 g/mol. The topological polar surface area (TPSA) is 187 Å². The molecule has 2 saturated heterocycles. The maximum atomic E-state index is 12.5. The number of nitrogens with zero attached hydrogens (tertiary/aromatic N) is 4. The van der Waals surface area contributed by atoms with Crippen molar-refractivity contribution in [2.45, 2.75) is 44.2 Å². The molecule has 4 heterocycles. The third-order valence-corrected chi connectivity index (χ3v) is 5.54. The molecule has 0 aliphatic carbocycles. The van der Waals surface area contributed by atoms with Crippen molar-refractivity contribution in [3.63, 3.8) is 0 Å². The van der Waals surface area contributed by atoms with Crippen LogP contribution in [0.25, 0.3) is 11.2 Å². The van der Waals surface area contributed by atoms with Gasteiger partial charge in [-0.25, -0.2) is 9.78 Å². The Morgan fingerprint density at radius 2 is 2.00 bits per heavy atom. The van der Waals surface area contributed by atoms with E-state index in [1.54, 1.807) is 13.8 Å². The standard InChI is InChI=1S/C20H20N6O8/c1-20(2)33-13-11(7-31-18(28)9-3-5-10(6-4-9)26(29)30)32-17(14(13)34-20)25-8-22-12-15(25)23-19(21)24-16(12)27/h3-6,8,11,13-14,17H,7H2,1-2H3,(H3,21,23,24,27)/t11-,13-,14-,17-/m1/s1. The van der Waals surface area contributed by atoms with Gasteiger partial charge in [0.15, 0.2) is 23.2 Å². The number of benzene rings is 1. The zero-order valence-electron chi connectivity index (χ0n) is 18.0. The van der Waals surface area contributed by atoms with Gasteiger partial charge in [0.1, 0.15) is 24.9 Å². The van der Waals surface area contributed by atoms with Crippen LogP contribution in [0.4, 0.5) is 11.6 Å². The first-order valence-corrected chi connectivity index (χ1v) is 10.3. The summed E-state index contributed by atoms with van der Waals surface area (Å²) in [5, 5.41) is 10.8. The average molecular weight is 472 g/mol. The Kier molecular flexibility index (Phi) is 5.07. The van der Waals surface area contributed by atoms with E-state index < -0.39 is 46.8 Å². The van der Waals surface area contributed by atoms with Crippen LogP contribution in [0.2, 0.25) is 0 Å². The van der Waals surface area contributed by atoms with Crippen LogP contribution in [-0.2, 0) is 18.9 Å². The van der Waals surface area contributed by atoms with E-state index in [0.29, 0.717) is 0 Å². The van der Waals surface area contributed by atoms with Gasteiger partial charge in [0.05, 0.1) is 16.8 Å². The molecule has 0 saturated carbocycles. The molecule has 34 heavy (non-hydrogen) atoms. The lowest BCUT2D eigenvalue weighted by atomic mass is 10.1. The molecule has 3 N–H and O–H groups in total. The zero-order valence-corrected chi connectivity index (χ0v) is 18.0. The Morgan fingerprint density at radius 3 is 2.71 bits per heavy atom. The van der Waals surface area contributed by atoms with Gasteiger partial charge in [0.2, 0.25) is 5.95 Å². The van der Waals surface area contributed by atoms with Crippen molar-refractivity contribution < 1.29 is 28.7 Å². The minimum absolute atomic E-state index is 0.0775. The van der Waals surface area contributed by atoms with Crippen molar-refractivity contribution in [3.8, 4) is 0 Å². The normalized spacial score (nSPS) is 25.4. The summed E-state index contributed by atoms with van der Waals surface area (Å²) >= 11 is 0. The summed E-state index contributed by atoms with van der Waals surface area (Å²) in [4.78, 5) is 45.5. The molecule has 1 aromatic carbocycles. The van der Waals surface area contributed by atoms with Crippen LogP contribution in [0.3, 0.4) is 0 Å². The summed E-state index contributed by atoms with van der Waals surface area (Å²) in [6.45, 7) is 3.32. The molecule has 2 fully saturated rings. The number of carbonyl (C=O) groups is 1. The highest BCUT2D eigenvalue weighted by atomic mass is 16.8. The molecule has 0 radical (unpaired) electrons. The molecule has 14 nitrogen and oxygen atoms in total. The highest BCUT2D eigenvalue weighted by molar-refractivity contribution is 5.89. The Labute approximate surface area is 190 Å². The molecule has 0 amide bonds. The fraction of sp³-hybridized carbons (Fsp3) is 0.400. The van der Waals surface area contributed by atoms with Crippen LogP contribution in [0.5, 0.6) is 0 Å². The molecule has 2 aliphatic rings. The Morgan fingerprint density at radius 1 is 1.29 bits per heavy atom. The third kappa shape index (κ3) is 3.76. The molecule has 0 bridgehead atoms. The lowest BCUT2D eigenvalue weighted by Crippen LogP contribution is -2.33. The van der Waals surface area contributed by atoms with Gasteiger partial charge in [0, 0.05) is 12.1 Å². The largest absolute Gasteiger partial charge is 0.459 e. The number of aromatic amines is 1. The number of imidazole rings is 1. The van der Waals surface area contributed by atoms with Gasteiger partial charge in [-0.2, -0.15) is 4.98 Å². The van der Waals surface area contributed by atoms with Gasteiger partial charge in [-0.3, -0.25) is 24.5 Å². The summed E-state index contributed by atoms with van der Waals surface area (Å²) in [6, 6.07) is 5.06. The van der Waals surface area contributed by atoms with Crippen LogP contribution in [-0.4, -0.2) is 61.1 Å². The molecule has 0 spiro atoms. The second-order valence-corrected chi connectivity index (χ2v) is 8.31. The number of nitrogens with two attached hydrogens (primary N) is 1. The molecule has 4 atom stereocenters. The van der Waals surface area contributed by atoms with Crippen LogP contribution < -0.4 is 11.3 Å². The van der Waals surface area contributed by atoms with Crippen LogP contribution in [0.1, 0.15) is 30.4 Å². The number of nitro groups is 1. The molecular formula is C20H20N6O8. The number of rotatable bonds is 5. The highest BCUT2D eigenvalue weighted by Gasteiger charge is 2.56. The van der Waals surface area contributed by atoms with Crippen LogP contribution in [0.15, 0.2) is 35.4 Å². The first-order valence-electron chi connectivity index (χ1n) is 10.3. The van der Waals surface area contributed by atoms with Gasteiger partial charge in [-0.1, -0.05) is 0 Å². The predicted molar refractivity (Wildman–Crippen MR) is 114 cm³/mol. The first kappa shape index (κ1) is 21.9. The van der Waals surface area contributed by atoms with Crippen molar-refractivity contribution in [1.82, 2.24) is 19.5 Å². The van der Waals surface area contributed by atoms with E-state index in [4.69, 9.17) is 24.7 Å². The Hall–Kier alpha value is -3.88. The molecule has 14 heteroatoms. The van der Waals surface area contributed by atoms with E-state index in [0.717, 1.165) is 0 Å². The van der Waals surface area contributed by atoms with Gasteiger partial charge in [-0.05, 0) is 26.0 Å². The van der Waals surface area contributed by atoms with Gasteiger partial charge in [0.25, 0.3) is 11.2 Å². The van der Waals surface area contributed by atoms with Crippen molar-refractivity contribution in [3.05, 3.63) is 56.6 Å². The Bertz CT molecular complexity index is 1330. The van der Waals surface area contributed by atoms with E-state index in [2.05, 4.69) is 15.0 Å². The molecule has 3 aromatic rings. The second-order valence-electron chi connectivity index (χ2n) is 8.31. The van der Waals surface area contributed by atoms with Gasteiger partial charge in [-0.15, -0.1) is 0 Å². The van der Waals surface area contributed by atoms with Crippen LogP contribution >= 0.6 is 0 Å². The number of nitrogens with one attached hydrogen (secondary N) is 1. The summed E-state index contributed by atoms with van der Waals surface area (Å²) in [5.74, 6) is -1.68. The number of H-pyrrole nitrogens is 1. The van der Waals surface area contributed by atoms with Crippen molar-refractivity contribution in [2.75, 3.05) is 12.3 Å². The molecule has 0 unspecified atom stereocenters. The molecule has 2 aromatic heterocycles. The van der Waals surface area contributed by atoms with E-state index in [-0.39, 0.29) is 35.0 Å². The number of esters is 1. The van der Waals surface area contributed by atoms with Gasteiger partial charge >= 0.3 is 5.97 Å². The molecule has 178 valence electrons. The fourth-order valence-corrected chi connectivity index (χ4v) is 4.11. The minimum Gasteiger partial charge on any atom is -0.459 e. The maximum Gasteiger partial charge on any atom is 0.338 e. The van der Waals surface area contributed by atoms with Gasteiger partial charge < -0.3 is 24.7 Å². The number of ether oxygens (including phenoxy) is 4. The molecule has 5 rings (SSSR count). The van der Waals surface area contributed by atoms with E-state index in [1.807, 2.05) is 0 Å².